The van der Waals surface area contributed by atoms with Crippen LogP contribution in [0.5, 0.6) is 11.5 Å². The molecule has 3 aromatic rings. The first-order valence-corrected chi connectivity index (χ1v) is 9.80. The number of carbonyl (C=O) groups excluding carboxylic acids is 1. The van der Waals surface area contributed by atoms with Crippen molar-refractivity contribution in [1.82, 2.24) is 15.5 Å². The van der Waals surface area contributed by atoms with Gasteiger partial charge in [-0.25, -0.2) is 4.39 Å². The Hall–Kier alpha value is -3.07. The van der Waals surface area contributed by atoms with E-state index in [1.807, 2.05) is 24.3 Å². The lowest BCUT2D eigenvalue weighted by molar-refractivity contribution is -0.118. The summed E-state index contributed by atoms with van der Waals surface area (Å²) in [5, 5.41) is 10.9. The third-order valence-corrected chi connectivity index (χ3v) is 4.71. The number of amides is 1. The molecule has 29 heavy (non-hydrogen) atoms. The topological polar surface area (TPSA) is 86.5 Å². The second kappa shape index (κ2) is 9.92. The number of aromatic nitrogens is 2. The third kappa shape index (κ3) is 5.95. The van der Waals surface area contributed by atoms with E-state index in [4.69, 9.17) is 13.9 Å². The van der Waals surface area contributed by atoms with Crippen molar-refractivity contribution in [1.29, 1.82) is 0 Å². The Morgan fingerprint density at radius 2 is 1.97 bits per heavy atom. The van der Waals surface area contributed by atoms with E-state index in [-0.39, 0.29) is 28.6 Å². The molecule has 2 aromatic carbocycles. The van der Waals surface area contributed by atoms with E-state index in [0.717, 1.165) is 23.1 Å². The van der Waals surface area contributed by atoms with Crippen LogP contribution in [0.15, 0.2) is 58.2 Å². The number of rotatable bonds is 9. The number of methoxy groups -OCH3 is 1. The summed E-state index contributed by atoms with van der Waals surface area (Å²) in [5.41, 5.74) is 0.889. The smallest absolute Gasteiger partial charge is 0.277 e. The molecule has 0 saturated carbocycles. The standard InChI is InChI=1S/C20H20FN3O4S/c1-13(27-16-9-7-15(21)8-10-16)19-23-24-20(28-19)29-12-18(25)22-11-14-5-3-4-6-17(14)26-2/h3-10,13H,11-12H2,1-2H3,(H,22,25)/t13-/m1/s1. The number of nitrogens with one attached hydrogen (secondary N) is 1. The Balaban J connectivity index is 1.47. The summed E-state index contributed by atoms with van der Waals surface area (Å²) in [4.78, 5) is 12.1. The van der Waals surface area contributed by atoms with Crippen molar-refractivity contribution in [2.75, 3.05) is 12.9 Å². The maximum atomic E-state index is 13.0. The quantitative estimate of drug-likeness (QED) is 0.531. The van der Waals surface area contributed by atoms with Gasteiger partial charge in [-0.05, 0) is 37.3 Å². The van der Waals surface area contributed by atoms with Gasteiger partial charge in [-0.3, -0.25) is 4.79 Å². The Bertz CT molecular complexity index is 949. The highest BCUT2D eigenvalue weighted by atomic mass is 32.2. The van der Waals surface area contributed by atoms with Gasteiger partial charge in [0.1, 0.15) is 17.3 Å². The Kier molecular flexibility index (Phi) is 7.07. The lowest BCUT2D eigenvalue weighted by atomic mass is 10.2. The van der Waals surface area contributed by atoms with Crippen LogP contribution in [0.1, 0.15) is 24.5 Å². The molecule has 0 radical (unpaired) electrons. The number of nitrogens with zero attached hydrogens (tertiary/aromatic N) is 2. The molecule has 1 heterocycles. The van der Waals surface area contributed by atoms with Crippen LogP contribution in [0.3, 0.4) is 0 Å². The van der Waals surface area contributed by atoms with Crippen LogP contribution in [0.25, 0.3) is 0 Å². The van der Waals surface area contributed by atoms with E-state index in [1.54, 1.807) is 14.0 Å². The zero-order valence-electron chi connectivity index (χ0n) is 15.9. The molecule has 0 aliphatic rings. The van der Waals surface area contributed by atoms with Crippen molar-refractivity contribution < 1.29 is 23.1 Å². The maximum Gasteiger partial charge on any atom is 0.277 e. The second-order valence-electron chi connectivity index (χ2n) is 6.00. The molecule has 152 valence electrons. The summed E-state index contributed by atoms with van der Waals surface area (Å²) in [6.45, 7) is 2.10. The van der Waals surface area contributed by atoms with Gasteiger partial charge in [0.25, 0.3) is 11.1 Å². The van der Waals surface area contributed by atoms with Crippen LogP contribution in [0, 0.1) is 5.82 Å². The molecule has 1 N–H and O–H groups in total. The number of thioether (sulfide) groups is 1. The average Bonchev–Trinajstić information content (AvgIpc) is 3.22. The van der Waals surface area contributed by atoms with Gasteiger partial charge >= 0.3 is 0 Å². The molecule has 0 spiro atoms. The van der Waals surface area contributed by atoms with E-state index in [1.165, 1.54) is 24.3 Å². The van der Waals surface area contributed by atoms with Crippen LogP contribution in [0.2, 0.25) is 0 Å². The van der Waals surface area contributed by atoms with Crippen molar-refractivity contribution in [3.8, 4) is 11.5 Å². The number of benzene rings is 2. The van der Waals surface area contributed by atoms with Gasteiger partial charge in [-0.1, -0.05) is 30.0 Å². The summed E-state index contributed by atoms with van der Waals surface area (Å²) in [5.74, 6) is 1.09. The summed E-state index contributed by atoms with van der Waals surface area (Å²) in [6, 6.07) is 13.1. The van der Waals surface area contributed by atoms with Crippen LogP contribution >= 0.6 is 11.8 Å². The predicted molar refractivity (Wildman–Crippen MR) is 105 cm³/mol. The van der Waals surface area contributed by atoms with Crippen molar-refractivity contribution in [3.05, 3.63) is 65.8 Å². The zero-order chi connectivity index (χ0) is 20.6. The van der Waals surface area contributed by atoms with Gasteiger partial charge in [0.05, 0.1) is 12.9 Å². The van der Waals surface area contributed by atoms with Gasteiger partial charge in [0.15, 0.2) is 6.10 Å². The summed E-state index contributed by atoms with van der Waals surface area (Å²) in [6.07, 6.45) is -0.512. The first kappa shape index (κ1) is 20.7. The van der Waals surface area contributed by atoms with Crippen molar-refractivity contribution in [2.24, 2.45) is 0 Å². The van der Waals surface area contributed by atoms with Crippen LogP contribution in [-0.4, -0.2) is 29.0 Å². The van der Waals surface area contributed by atoms with E-state index in [9.17, 15) is 9.18 Å². The fourth-order valence-corrected chi connectivity index (χ4v) is 3.03. The Morgan fingerprint density at radius 3 is 2.72 bits per heavy atom. The first-order chi connectivity index (χ1) is 14.0. The molecule has 1 aromatic heterocycles. The zero-order valence-corrected chi connectivity index (χ0v) is 16.7. The number of carbonyl (C=O) groups is 1. The molecule has 7 nitrogen and oxygen atoms in total. The first-order valence-electron chi connectivity index (χ1n) is 8.82. The molecule has 0 bridgehead atoms. The van der Waals surface area contributed by atoms with Gasteiger partial charge in [-0.15, -0.1) is 10.2 Å². The second-order valence-corrected chi connectivity index (χ2v) is 6.92. The van der Waals surface area contributed by atoms with E-state index in [2.05, 4.69) is 15.5 Å². The molecule has 3 rings (SSSR count). The molecule has 1 atom stereocenters. The van der Waals surface area contributed by atoms with Gasteiger partial charge in [-0.2, -0.15) is 0 Å². The normalized spacial score (nSPS) is 11.7. The fraction of sp³-hybridized carbons (Fsp3) is 0.250. The Morgan fingerprint density at radius 1 is 1.21 bits per heavy atom. The highest BCUT2D eigenvalue weighted by Gasteiger charge is 2.17. The molecule has 0 unspecified atom stereocenters. The highest BCUT2D eigenvalue weighted by Crippen LogP contribution is 2.24. The lowest BCUT2D eigenvalue weighted by Gasteiger charge is -2.10. The minimum absolute atomic E-state index is 0.129. The number of para-hydroxylation sites is 1. The number of hydrogen-bond donors (Lipinski definition) is 1. The minimum atomic E-state index is -0.512. The van der Waals surface area contributed by atoms with Crippen LogP contribution < -0.4 is 14.8 Å². The van der Waals surface area contributed by atoms with Gasteiger partial charge < -0.3 is 19.2 Å². The molecule has 0 aliphatic heterocycles. The van der Waals surface area contributed by atoms with Gasteiger partial charge in [0.2, 0.25) is 5.91 Å². The number of halogens is 1. The van der Waals surface area contributed by atoms with Crippen molar-refractivity contribution in [3.63, 3.8) is 0 Å². The van der Waals surface area contributed by atoms with Crippen molar-refractivity contribution in [2.45, 2.75) is 24.8 Å². The monoisotopic (exact) mass is 417 g/mol. The van der Waals surface area contributed by atoms with Crippen LogP contribution in [0.4, 0.5) is 4.39 Å². The highest BCUT2D eigenvalue weighted by molar-refractivity contribution is 7.99. The van der Waals surface area contributed by atoms with Crippen LogP contribution in [-0.2, 0) is 11.3 Å². The fourth-order valence-electron chi connectivity index (χ4n) is 2.43. The summed E-state index contributed by atoms with van der Waals surface area (Å²) in [7, 11) is 1.59. The van der Waals surface area contributed by atoms with Crippen molar-refractivity contribution >= 4 is 17.7 Å². The lowest BCUT2D eigenvalue weighted by Crippen LogP contribution is -2.24. The SMILES string of the molecule is COc1ccccc1CNC(=O)CSc1nnc([C@@H](C)Oc2ccc(F)cc2)o1. The largest absolute Gasteiger partial charge is 0.496 e. The molecule has 1 amide bonds. The molecule has 0 saturated heterocycles. The average molecular weight is 417 g/mol. The number of ether oxygens (including phenoxy) is 2. The van der Waals surface area contributed by atoms with E-state index < -0.39 is 6.10 Å². The summed E-state index contributed by atoms with van der Waals surface area (Å²) < 4.78 is 29.4. The van der Waals surface area contributed by atoms with E-state index >= 15 is 0 Å². The molecule has 0 fully saturated rings. The molecule has 9 heteroatoms. The molecular formula is C20H20FN3O4S. The number of hydrogen-bond acceptors (Lipinski definition) is 7. The van der Waals surface area contributed by atoms with E-state index in [0.29, 0.717) is 12.3 Å². The maximum absolute atomic E-state index is 13.0. The van der Waals surface area contributed by atoms with Gasteiger partial charge in [0, 0.05) is 12.1 Å². The Labute approximate surface area is 171 Å². The molecular weight excluding hydrogens is 397 g/mol. The third-order valence-electron chi connectivity index (χ3n) is 3.89. The molecule has 0 aliphatic carbocycles. The predicted octanol–water partition coefficient (Wildman–Crippen LogP) is 3.77. The minimum Gasteiger partial charge on any atom is -0.496 e. The summed E-state index contributed by atoms with van der Waals surface area (Å²) >= 11 is 1.13.